The molecule has 4 rings (SSSR count). The molecule has 0 spiro atoms. The molecule has 2 aromatic carbocycles. The molecule has 1 saturated carbocycles. The van der Waals surface area contributed by atoms with Crippen molar-refractivity contribution >= 4 is 5.78 Å². The molecule has 31 heavy (non-hydrogen) atoms. The number of ether oxygens (including phenoxy) is 2. The number of carbonyl (C=O) groups is 1. The van der Waals surface area contributed by atoms with Crippen LogP contribution in [0.4, 0.5) is 0 Å². The Hall–Kier alpha value is -3.29. The van der Waals surface area contributed by atoms with E-state index in [1.54, 1.807) is 0 Å². The smallest absolute Gasteiger partial charge is 0.328 e. The third-order valence-corrected chi connectivity index (χ3v) is 5.50. The highest BCUT2D eigenvalue weighted by Crippen LogP contribution is 2.34. The van der Waals surface area contributed by atoms with Crippen LogP contribution in [-0.2, 0) is 27.5 Å². The molecule has 1 fully saturated rings. The van der Waals surface area contributed by atoms with Crippen LogP contribution in [0.25, 0.3) is 0 Å². The predicted molar refractivity (Wildman–Crippen MR) is 115 cm³/mol. The van der Waals surface area contributed by atoms with Crippen molar-refractivity contribution in [1.82, 2.24) is 9.55 Å². The lowest BCUT2D eigenvalue weighted by Gasteiger charge is -2.19. The zero-order chi connectivity index (χ0) is 21.6. The van der Waals surface area contributed by atoms with E-state index in [9.17, 15) is 14.4 Å². The molecule has 3 atom stereocenters. The van der Waals surface area contributed by atoms with Crippen LogP contribution >= 0.6 is 0 Å². The van der Waals surface area contributed by atoms with Crippen molar-refractivity contribution in [2.24, 2.45) is 5.92 Å². The fourth-order valence-electron chi connectivity index (χ4n) is 3.88. The summed E-state index contributed by atoms with van der Waals surface area (Å²) in [6.07, 6.45) is 1.31. The number of aromatic amines is 1. The van der Waals surface area contributed by atoms with Gasteiger partial charge in [0.05, 0.1) is 37.9 Å². The van der Waals surface area contributed by atoms with E-state index >= 15 is 0 Å². The van der Waals surface area contributed by atoms with Crippen molar-refractivity contribution in [2.45, 2.75) is 31.8 Å². The molecule has 160 valence electrons. The lowest BCUT2D eigenvalue weighted by atomic mass is 10.1. The summed E-state index contributed by atoms with van der Waals surface area (Å²) >= 11 is 0. The number of nitrogens with one attached hydrogen (secondary N) is 1. The molecule has 0 radical (unpaired) electrons. The van der Waals surface area contributed by atoms with Crippen molar-refractivity contribution in [2.75, 3.05) is 6.61 Å². The molecule has 0 amide bonds. The van der Waals surface area contributed by atoms with E-state index in [-0.39, 0.29) is 12.4 Å². The monoisotopic (exact) mass is 420 g/mol. The molecule has 0 aliphatic heterocycles. The van der Waals surface area contributed by atoms with E-state index in [1.165, 1.54) is 16.8 Å². The molecular formula is C24H24N2O5. The number of hydrogen-bond donors (Lipinski definition) is 1. The Balaban J connectivity index is 1.49. The van der Waals surface area contributed by atoms with Crippen LogP contribution in [0.1, 0.15) is 23.6 Å². The quantitative estimate of drug-likeness (QED) is 0.605. The number of hydrogen-bond acceptors (Lipinski definition) is 5. The summed E-state index contributed by atoms with van der Waals surface area (Å²) in [4.78, 5) is 39.1. The summed E-state index contributed by atoms with van der Waals surface area (Å²) in [6, 6.07) is 20.0. The molecule has 1 aliphatic rings. The topological polar surface area (TPSA) is 90.4 Å². The number of rotatable bonds is 8. The minimum atomic E-state index is -0.699. The molecule has 0 bridgehead atoms. The van der Waals surface area contributed by atoms with Gasteiger partial charge in [-0.3, -0.25) is 19.1 Å². The highest BCUT2D eigenvalue weighted by molar-refractivity contribution is 5.88. The van der Waals surface area contributed by atoms with Crippen LogP contribution in [0.2, 0.25) is 0 Å². The number of aromatic nitrogens is 2. The molecule has 1 aromatic heterocycles. The minimum Gasteiger partial charge on any atom is -0.376 e. The van der Waals surface area contributed by atoms with E-state index in [0.29, 0.717) is 19.6 Å². The fourth-order valence-corrected chi connectivity index (χ4v) is 3.88. The summed E-state index contributed by atoms with van der Waals surface area (Å²) in [5.74, 6) is -0.628. The van der Waals surface area contributed by atoms with Crippen LogP contribution in [0, 0.1) is 5.92 Å². The van der Waals surface area contributed by atoms with Gasteiger partial charge in [0, 0.05) is 18.7 Å². The Bertz CT molecular complexity index is 1120. The van der Waals surface area contributed by atoms with Gasteiger partial charge in [-0.05, 0) is 11.1 Å². The van der Waals surface area contributed by atoms with Gasteiger partial charge in [-0.2, -0.15) is 0 Å². The average molecular weight is 420 g/mol. The first-order chi connectivity index (χ1) is 15.1. The summed E-state index contributed by atoms with van der Waals surface area (Å²) in [5.41, 5.74) is 0.927. The Kier molecular flexibility index (Phi) is 6.54. The summed E-state index contributed by atoms with van der Waals surface area (Å²) in [6.45, 7) is 0.947. The molecule has 3 unspecified atom stereocenters. The van der Waals surface area contributed by atoms with Gasteiger partial charge < -0.3 is 9.47 Å². The first-order valence-electron chi connectivity index (χ1n) is 10.2. The molecular weight excluding hydrogens is 396 g/mol. The third-order valence-electron chi connectivity index (χ3n) is 5.50. The standard InChI is InChI=1S/C24H24N2O5/c27-22-11-12-26(24(29)25-22)20-13-21(31-15-18-9-5-2-6-10-18)19(23(20)28)16-30-14-17-7-3-1-4-8-17/h1-12,19-21H,13-16H2,(H,25,27,29). The normalized spacial score (nSPS) is 20.8. The number of benzene rings is 2. The lowest BCUT2D eigenvalue weighted by molar-refractivity contribution is -0.128. The Morgan fingerprint density at radius 1 is 0.871 bits per heavy atom. The van der Waals surface area contributed by atoms with Crippen molar-refractivity contribution in [3.8, 4) is 0 Å². The average Bonchev–Trinajstić information content (AvgIpc) is 3.09. The summed E-state index contributed by atoms with van der Waals surface area (Å²) in [5, 5.41) is 0. The number of nitrogens with zero attached hydrogens (tertiary/aromatic N) is 1. The highest BCUT2D eigenvalue weighted by Gasteiger charge is 2.44. The van der Waals surface area contributed by atoms with Gasteiger partial charge in [0.25, 0.3) is 5.56 Å². The molecule has 1 heterocycles. The Morgan fingerprint density at radius 2 is 1.52 bits per heavy atom. The van der Waals surface area contributed by atoms with Crippen molar-refractivity contribution < 1.29 is 14.3 Å². The van der Waals surface area contributed by atoms with E-state index < -0.39 is 29.3 Å². The molecule has 1 aliphatic carbocycles. The van der Waals surface area contributed by atoms with Gasteiger partial charge in [-0.25, -0.2) is 4.79 Å². The number of ketones is 1. The first-order valence-corrected chi connectivity index (χ1v) is 10.2. The molecule has 1 N–H and O–H groups in total. The van der Waals surface area contributed by atoms with Crippen molar-refractivity contribution in [3.63, 3.8) is 0 Å². The van der Waals surface area contributed by atoms with Crippen molar-refractivity contribution in [1.29, 1.82) is 0 Å². The summed E-state index contributed by atoms with van der Waals surface area (Å²) < 4.78 is 13.2. The third kappa shape index (κ3) is 5.07. The molecule has 7 heteroatoms. The van der Waals surface area contributed by atoms with E-state index in [1.807, 2.05) is 60.7 Å². The van der Waals surface area contributed by atoms with Crippen LogP contribution in [0.5, 0.6) is 0 Å². The minimum absolute atomic E-state index is 0.125. The molecule has 7 nitrogen and oxygen atoms in total. The molecule has 3 aromatic rings. The lowest BCUT2D eigenvalue weighted by Crippen LogP contribution is -2.34. The highest BCUT2D eigenvalue weighted by atomic mass is 16.5. The first kappa shape index (κ1) is 21.0. The molecule has 0 saturated heterocycles. The Morgan fingerprint density at radius 3 is 2.16 bits per heavy atom. The fraction of sp³-hybridized carbons (Fsp3) is 0.292. The van der Waals surface area contributed by atoms with Gasteiger partial charge in [0.2, 0.25) is 0 Å². The second-order valence-corrected chi connectivity index (χ2v) is 7.61. The number of carbonyl (C=O) groups excluding carboxylic acids is 1. The van der Waals surface area contributed by atoms with Crippen LogP contribution in [-0.4, -0.2) is 28.0 Å². The Labute approximate surface area is 179 Å². The van der Waals surface area contributed by atoms with E-state index in [4.69, 9.17) is 9.47 Å². The van der Waals surface area contributed by atoms with Crippen LogP contribution < -0.4 is 11.2 Å². The van der Waals surface area contributed by atoms with Gasteiger partial charge in [-0.1, -0.05) is 60.7 Å². The SMILES string of the molecule is O=C1C(COCc2ccccc2)C(OCc2ccccc2)CC1n1ccc(=O)[nH]c1=O. The largest absolute Gasteiger partial charge is 0.376 e. The zero-order valence-electron chi connectivity index (χ0n) is 17.0. The maximum atomic E-state index is 13.2. The maximum Gasteiger partial charge on any atom is 0.328 e. The van der Waals surface area contributed by atoms with Gasteiger partial charge in [0.15, 0.2) is 5.78 Å². The zero-order valence-corrected chi connectivity index (χ0v) is 17.0. The van der Waals surface area contributed by atoms with Crippen LogP contribution in [0.3, 0.4) is 0 Å². The van der Waals surface area contributed by atoms with Crippen LogP contribution in [0.15, 0.2) is 82.5 Å². The summed E-state index contributed by atoms with van der Waals surface area (Å²) in [7, 11) is 0. The predicted octanol–water partition coefficient (Wildman–Crippen LogP) is 2.47. The second-order valence-electron chi connectivity index (χ2n) is 7.61. The van der Waals surface area contributed by atoms with E-state index in [0.717, 1.165) is 11.1 Å². The van der Waals surface area contributed by atoms with Gasteiger partial charge in [0.1, 0.15) is 0 Å². The number of Topliss-reactive ketones (excluding diaryl/α,β-unsaturated/α-hetero) is 1. The van der Waals surface area contributed by atoms with Gasteiger partial charge in [-0.15, -0.1) is 0 Å². The van der Waals surface area contributed by atoms with Gasteiger partial charge >= 0.3 is 5.69 Å². The number of H-pyrrole nitrogens is 1. The van der Waals surface area contributed by atoms with Crippen molar-refractivity contribution in [3.05, 3.63) is 105 Å². The second kappa shape index (κ2) is 9.68. The van der Waals surface area contributed by atoms with E-state index in [2.05, 4.69) is 4.98 Å². The maximum absolute atomic E-state index is 13.2.